The molecule has 0 bridgehead atoms. The van der Waals surface area contributed by atoms with E-state index in [0.717, 1.165) is 4.57 Å². The summed E-state index contributed by atoms with van der Waals surface area (Å²) in [6.45, 7) is 0. The van der Waals surface area contributed by atoms with E-state index in [0.29, 0.717) is 6.20 Å². The summed E-state index contributed by atoms with van der Waals surface area (Å²) in [5.74, 6) is -3.67. The number of hydrogen-bond donors (Lipinski definition) is 1. The summed E-state index contributed by atoms with van der Waals surface area (Å²) in [6.07, 6.45) is -8.05. The molecule has 0 saturated carbocycles. The van der Waals surface area contributed by atoms with Crippen molar-refractivity contribution < 1.29 is 27.1 Å². The molecule has 0 spiro atoms. The third-order valence-electron chi connectivity index (χ3n) is 4.35. The van der Waals surface area contributed by atoms with Crippen molar-refractivity contribution in [3.63, 3.8) is 0 Å². The van der Waals surface area contributed by atoms with Gasteiger partial charge in [-0.25, -0.2) is 8.78 Å². The second-order valence-electron chi connectivity index (χ2n) is 5.89. The molecule has 4 nitrogen and oxygen atoms in total. The van der Waals surface area contributed by atoms with Crippen LogP contribution in [0, 0.1) is 22.7 Å². The Balaban J connectivity index is 2.26. The van der Waals surface area contributed by atoms with E-state index in [4.69, 9.17) is 10.5 Å². The number of halogens is 5. The number of alkyl halides is 5. The van der Waals surface area contributed by atoms with Crippen molar-refractivity contribution in [2.24, 2.45) is 0 Å². The lowest BCUT2D eigenvalue weighted by molar-refractivity contribution is -0.147. The number of fused-ring (bicyclic) bond motifs is 1. The molecule has 1 N–H and O–H groups in total. The maximum Gasteiger partial charge on any atom is 0.418 e. The summed E-state index contributed by atoms with van der Waals surface area (Å²) in [5.41, 5.74) is -2.18. The predicted molar refractivity (Wildman–Crippen MR) is 78.4 cm³/mol. The molecule has 0 saturated heterocycles. The van der Waals surface area contributed by atoms with Crippen LogP contribution >= 0.6 is 0 Å². The molecule has 0 unspecified atom stereocenters. The van der Waals surface area contributed by atoms with Gasteiger partial charge in [0.25, 0.3) is 5.92 Å². The monoisotopic (exact) mass is 367 g/mol. The predicted octanol–water partition coefficient (Wildman–Crippen LogP) is 3.85. The van der Waals surface area contributed by atoms with Crippen LogP contribution in [-0.4, -0.2) is 15.6 Å². The van der Waals surface area contributed by atoms with Crippen LogP contribution in [0.2, 0.25) is 0 Å². The average molecular weight is 367 g/mol. The smallest absolute Gasteiger partial charge is 0.382 e. The number of nitrogens with zero attached hydrogens (tertiary/aromatic N) is 3. The number of hydrogen-bond acceptors (Lipinski definition) is 3. The van der Waals surface area contributed by atoms with Gasteiger partial charge in [0.05, 0.1) is 16.7 Å². The van der Waals surface area contributed by atoms with Gasteiger partial charge in [0.2, 0.25) is 0 Å². The van der Waals surface area contributed by atoms with Crippen molar-refractivity contribution in [1.82, 2.24) is 4.57 Å². The molecule has 1 aromatic carbocycles. The van der Waals surface area contributed by atoms with E-state index in [-0.39, 0.29) is 28.9 Å². The highest BCUT2D eigenvalue weighted by Crippen LogP contribution is 2.48. The van der Waals surface area contributed by atoms with Crippen molar-refractivity contribution in [2.75, 3.05) is 0 Å². The third-order valence-corrected chi connectivity index (χ3v) is 4.35. The quantitative estimate of drug-likeness (QED) is 0.778. The lowest BCUT2D eigenvalue weighted by Crippen LogP contribution is -2.33. The van der Waals surface area contributed by atoms with E-state index in [9.17, 15) is 27.1 Å². The summed E-state index contributed by atoms with van der Waals surface area (Å²) in [7, 11) is 0. The molecule has 3 rings (SSSR count). The molecule has 0 fully saturated rings. The third kappa shape index (κ3) is 2.71. The summed E-state index contributed by atoms with van der Waals surface area (Å²) in [6, 6.07) is 7.34. The summed E-state index contributed by atoms with van der Waals surface area (Å²) >= 11 is 0. The summed E-state index contributed by atoms with van der Waals surface area (Å²) in [5, 5.41) is 27.8. The molecule has 134 valence electrons. The van der Waals surface area contributed by atoms with Gasteiger partial charge >= 0.3 is 6.18 Å². The maximum atomic E-state index is 13.8. The van der Waals surface area contributed by atoms with Gasteiger partial charge < -0.3 is 9.67 Å². The van der Waals surface area contributed by atoms with Crippen LogP contribution < -0.4 is 0 Å². The van der Waals surface area contributed by atoms with E-state index < -0.39 is 35.8 Å². The second-order valence-corrected chi connectivity index (χ2v) is 5.89. The first kappa shape index (κ1) is 17.9. The number of aromatic nitrogens is 1. The Kier molecular flexibility index (Phi) is 4.01. The molecule has 26 heavy (non-hydrogen) atoms. The molecule has 2 aromatic rings. The molecule has 0 amide bonds. The van der Waals surface area contributed by atoms with Crippen LogP contribution in [-0.2, 0) is 12.6 Å². The lowest BCUT2D eigenvalue weighted by Gasteiger charge is -2.29. The van der Waals surface area contributed by atoms with Crippen LogP contribution in [0.5, 0.6) is 0 Å². The van der Waals surface area contributed by atoms with Crippen molar-refractivity contribution in [1.29, 1.82) is 10.5 Å². The van der Waals surface area contributed by atoms with E-state index in [1.807, 2.05) is 0 Å². The molecule has 9 heteroatoms. The minimum Gasteiger partial charge on any atom is -0.382 e. The molecule has 1 aliphatic rings. The number of benzene rings is 1. The van der Waals surface area contributed by atoms with Gasteiger partial charge in [0.15, 0.2) is 0 Å². The molecule has 1 heterocycles. The summed E-state index contributed by atoms with van der Waals surface area (Å²) in [4.78, 5) is 0. The van der Waals surface area contributed by atoms with Gasteiger partial charge in [0, 0.05) is 29.6 Å². The number of aliphatic hydroxyl groups is 1. The lowest BCUT2D eigenvalue weighted by atomic mass is 9.89. The van der Waals surface area contributed by atoms with E-state index >= 15 is 0 Å². The zero-order valence-corrected chi connectivity index (χ0v) is 13.0. The van der Waals surface area contributed by atoms with Crippen LogP contribution in [0.1, 0.15) is 40.5 Å². The number of aliphatic hydroxyl groups excluding tert-OH is 1. The summed E-state index contributed by atoms with van der Waals surface area (Å²) < 4.78 is 68.6. The average Bonchev–Trinajstić information content (AvgIpc) is 2.98. The zero-order valence-electron chi connectivity index (χ0n) is 13.0. The van der Waals surface area contributed by atoms with E-state index in [2.05, 4.69) is 0 Å². The van der Waals surface area contributed by atoms with Crippen molar-refractivity contribution in [3.8, 4) is 17.8 Å². The molecule has 1 aromatic heterocycles. The fourth-order valence-electron chi connectivity index (χ4n) is 3.08. The van der Waals surface area contributed by atoms with Crippen molar-refractivity contribution in [3.05, 3.63) is 52.3 Å². The highest BCUT2D eigenvalue weighted by atomic mass is 19.4. The Morgan fingerprint density at radius 3 is 2.38 bits per heavy atom. The molecule has 1 atom stereocenters. The normalized spacial score (nSPS) is 18.7. The van der Waals surface area contributed by atoms with Gasteiger partial charge in [-0.15, -0.1) is 0 Å². The van der Waals surface area contributed by atoms with Crippen molar-refractivity contribution >= 4 is 0 Å². The maximum absolute atomic E-state index is 13.8. The Bertz CT molecular complexity index is 962. The Morgan fingerprint density at radius 1 is 1.15 bits per heavy atom. The van der Waals surface area contributed by atoms with Gasteiger partial charge in [-0.2, -0.15) is 23.7 Å². The van der Waals surface area contributed by atoms with Gasteiger partial charge in [-0.05, 0) is 24.6 Å². The highest BCUT2D eigenvalue weighted by Gasteiger charge is 2.50. The van der Waals surface area contributed by atoms with Crippen LogP contribution in [0.4, 0.5) is 22.0 Å². The largest absolute Gasteiger partial charge is 0.418 e. The minimum absolute atomic E-state index is 0.0416. The number of rotatable bonds is 1. The second kappa shape index (κ2) is 5.82. The fraction of sp³-hybridized carbons (Fsp3) is 0.294. The van der Waals surface area contributed by atoms with Gasteiger partial charge in [-0.1, -0.05) is 0 Å². The van der Waals surface area contributed by atoms with E-state index in [1.165, 1.54) is 18.2 Å². The van der Waals surface area contributed by atoms with E-state index in [1.54, 1.807) is 12.1 Å². The molecule has 0 aliphatic heterocycles. The molecular formula is C17H10F5N3O. The molecule has 0 radical (unpaired) electrons. The van der Waals surface area contributed by atoms with Crippen molar-refractivity contribution in [2.45, 2.75) is 31.0 Å². The first-order valence-electron chi connectivity index (χ1n) is 7.42. The molecule has 1 aliphatic carbocycles. The Morgan fingerprint density at radius 2 is 1.81 bits per heavy atom. The highest BCUT2D eigenvalue weighted by molar-refractivity contribution is 5.54. The Hall–Kier alpha value is -2.91. The standard InChI is InChI=1S/C17H10F5N3O/c18-16(19)4-3-13-14(15(16)26)12(17(20,21)22)8-25(13)11-2-1-9(6-23)10(5-11)7-24/h1-2,5,8,15,26H,3-4H2/t15-/m0/s1. The SMILES string of the molecule is N#Cc1ccc(-n2cc(C(F)(F)F)c3c2CCC(F)(F)[C@H]3O)cc1C#N. The first-order chi connectivity index (χ1) is 12.1. The number of nitriles is 2. The zero-order chi connectivity index (χ0) is 19.3. The van der Waals surface area contributed by atoms with Gasteiger partial charge in [0.1, 0.15) is 18.2 Å². The minimum atomic E-state index is -4.94. The van der Waals surface area contributed by atoms with Crippen LogP contribution in [0.3, 0.4) is 0 Å². The van der Waals surface area contributed by atoms with Crippen LogP contribution in [0.25, 0.3) is 5.69 Å². The van der Waals surface area contributed by atoms with Gasteiger partial charge in [-0.3, -0.25) is 0 Å². The van der Waals surface area contributed by atoms with Crippen LogP contribution in [0.15, 0.2) is 24.4 Å². The topological polar surface area (TPSA) is 72.7 Å². The fourth-order valence-corrected chi connectivity index (χ4v) is 3.08. The Labute approximate surface area is 144 Å². The first-order valence-corrected chi connectivity index (χ1v) is 7.42. The molecular weight excluding hydrogens is 357 g/mol.